The van der Waals surface area contributed by atoms with Gasteiger partial charge in [-0.25, -0.2) is 9.59 Å². The van der Waals surface area contributed by atoms with E-state index in [4.69, 9.17) is 14.2 Å². The van der Waals surface area contributed by atoms with Crippen molar-refractivity contribution in [2.24, 2.45) is 0 Å². The average Bonchev–Trinajstić information content (AvgIpc) is 3.04. The number of hydrogen-bond acceptors (Lipinski definition) is 6. The van der Waals surface area contributed by atoms with E-state index in [0.29, 0.717) is 26.1 Å². The van der Waals surface area contributed by atoms with Crippen LogP contribution in [0.2, 0.25) is 0 Å². The van der Waals surface area contributed by atoms with Gasteiger partial charge < -0.3 is 14.2 Å². The van der Waals surface area contributed by atoms with Crippen molar-refractivity contribution < 1.29 is 28.6 Å². The van der Waals surface area contributed by atoms with E-state index in [0.717, 1.165) is 57.8 Å². The maximum Gasteiger partial charge on any atom is 0.418 e. The third-order valence-electron chi connectivity index (χ3n) is 8.80. The minimum absolute atomic E-state index is 0.0251. The molecule has 0 rings (SSSR count). The van der Waals surface area contributed by atoms with Crippen molar-refractivity contribution in [3.8, 4) is 0 Å². The average molecular weight is 638 g/mol. The number of esters is 2. The predicted octanol–water partition coefficient (Wildman–Crippen LogP) is 11.7. The van der Waals surface area contributed by atoms with Gasteiger partial charge in [0, 0.05) is 6.42 Å². The van der Waals surface area contributed by atoms with Crippen molar-refractivity contribution in [1.29, 1.82) is 0 Å². The van der Waals surface area contributed by atoms with Gasteiger partial charge in [0.25, 0.3) is 0 Å². The van der Waals surface area contributed by atoms with E-state index in [9.17, 15) is 14.4 Å². The van der Waals surface area contributed by atoms with Crippen LogP contribution in [0, 0.1) is 0 Å². The largest absolute Gasteiger partial charge is 0.466 e. The molecule has 0 aromatic heterocycles. The summed E-state index contributed by atoms with van der Waals surface area (Å²) < 4.78 is 15.6. The molecule has 0 saturated carbocycles. The molecule has 0 aliphatic carbocycles. The lowest BCUT2D eigenvalue weighted by Crippen LogP contribution is -2.26. The summed E-state index contributed by atoms with van der Waals surface area (Å²) in [5.74, 6) is -0.463. The Morgan fingerprint density at radius 1 is 0.467 bits per heavy atom. The molecule has 6 heteroatoms. The van der Waals surface area contributed by atoms with Gasteiger partial charge >= 0.3 is 18.4 Å². The van der Waals surface area contributed by atoms with E-state index in [1.54, 1.807) is 0 Å². The molecular weight excluding hydrogens is 564 g/mol. The van der Waals surface area contributed by atoms with E-state index in [1.165, 1.54) is 135 Å². The van der Waals surface area contributed by atoms with E-state index < -0.39 is 12.1 Å². The molecule has 0 aromatic rings. The molecule has 1 atom stereocenters. The SMILES string of the molecule is CCCCCCCCCCCCCCCCOC(=O)CCCCCCCCCCCCOC(=O)C(CCCCCCC)O[C]=O. The zero-order valence-electron chi connectivity index (χ0n) is 29.9. The molecule has 45 heavy (non-hydrogen) atoms. The maximum absolute atomic E-state index is 12.2. The van der Waals surface area contributed by atoms with Gasteiger partial charge in [-0.3, -0.25) is 4.79 Å². The Morgan fingerprint density at radius 3 is 1.24 bits per heavy atom. The fraction of sp³-hybridized carbons (Fsp3) is 0.923. The fourth-order valence-electron chi connectivity index (χ4n) is 5.82. The van der Waals surface area contributed by atoms with Gasteiger partial charge in [-0.15, -0.1) is 0 Å². The summed E-state index contributed by atoms with van der Waals surface area (Å²) >= 11 is 0. The Balaban J connectivity index is 3.38. The number of carbonyl (C=O) groups excluding carboxylic acids is 3. The summed E-state index contributed by atoms with van der Waals surface area (Å²) in [4.78, 5) is 34.7. The molecule has 0 bridgehead atoms. The third kappa shape index (κ3) is 33.6. The molecule has 0 aliphatic rings. The fourth-order valence-corrected chi connectivity index (χ4v) is 5.82. The number of carbonyl (C=O) groups is 2. The first-order valence-corrected chi connectivity index (χ1v) is 19.5. The Morgan fingerprint density at radius 2 is 0.822 bits per heavy atom. The molecule has 0 spiro atoms. The van der Waals surface area contributed by atoms with Gasteiger partial charge in [-0.2, -0.15) is 0 Å². The molecule has 0 saturated heterocycles. The second-order valence-corrected chi connectivity index (χ2v) is 13.2. The maximum atomic E-state index is 12.2. The van der Waals surface area contributed by atoms with Crippen LogP contribution in [0.1, 0.15) is 213 Å². The lowest BCUT2D eigenvalue weighted by molar-refractivity contribution is -0.153. The Kier molecular flexibility index (Phi) is 35.6. The molecule has 0 aromatic carbocycles. The van der Waals surface area contributed by atoms with Crippen molar-refractivity contribution in [2.45, 2.75) is 219 Å². The molecule has 0 heterocycles. The highest BCUT2D eigenvalue weighted by Crippen LogP contribution is 2.15. The third-order valence-corrected chi connectivity index (χ3v) is 8.80. The topological polar surface area (TPSA) is 78.9 Å². The summed E-state index contributed by atoms with van der Waals surface area (Å²) in [5.41, 5.74) is 0. The van der Waals surface area contributed by atoms with E-state index >= 15 is 0 Å². The van der Waals surface area contributed by atoms with Crippen LogP contribution in [-0.2, 0) is 28.6 Å². The van der Waals surface area contributed by atoms with Gasteiger partial charge in [-0.05, 0) is 32.1 Å². The molecule has 0 aliphatic heterocycles. The number of unbranched alkanes of at least 4 members (excludes halogenated alkanes) is 26. The van der Waals surface area contributed by atoms with Crippen molar-refractivity contribution in [2.75, 3.05) is 13.2 Å². The van der Waals surface area contributed by atoms with Gasteiger partial charge in [0.2, 0.25) is 0 Å². The van der Waals surface area contributed by atoms with Crippen molar-refractivity contribution in [3.63, 3.8) is 0 Å². The molecule has 1 unspecified atom stereocenters. The second kappa shape index (κ2) is 36.9. The quantitative estimate of drug-likeness (QED) is 0.0383. The van der Waals surface area contributed by atoms with Crippen molar-refractivity contribution >= 4 is 18.4 Å². The first-order valence-electron chi connectivity index (χ1n) is 19.5. The number of hydrogen-bond donors (Lipinski definition) is 0. The first-order chi connectivity index (χ1) is 22.2. The second-order valence-electron chi connectivity index (χ2n) is 13.2. The normalized spacial score (nSPS) is 11.8. The summed E-state index contributed by atoms with van der Waals surface area (Å²) in [6.45, 7) is 6.82. The van der Waals surface area contributed by atoms with Crippen LogP contribution >= 0.6 is 0 Å². The molecule has 6 nitrogen and oxygen atoms in total. The highest BCUT2D eigenvalue weighted by Gasteiger charge is 2.21. The highest BCUT2D eigenvalue weighted by molar-refractivity contribution is 5.75. The van der Waals surface area contributed by atoms with Gasteiger partial charge in [0.1, 0.15) is 0 Å². The smallest absolute Gasteiger partial charge is 0.418 e. The van der Waals surface area contributed by atoms with E-state index in [2.05, 4.69) is 13.8 Å². The molecule has 0 fully saturated rings. The van der Waals surface area contributed by atoms with E-state index in [-0.39, 0.29) is 5.97 Å². The summed E-state index contributed by atoms with van der Waals surface area (Å²) in [6, 6.07) is 0. The van der Waals surface area contributed by atoms with Crippen LogP contribution < -0.4 is 0 Å². The van der Waals surface area contributed by atoms with Crippen LogP contribution in [-0.4, -0.2) is 37.7 Å². The zero-order valence-corrected chi connectivity index (χ0v) is 29.9. The van der Waals surface area contributed by atoms with Crippen LogP contribution in [0.5, 0.6) is 0 Å². The van der Waals surface area contributed by atoms with Gasteiger partial charge in [0.15, 0.2) is 6.10 Å². The monoisotopic (exact) mass is 638 g/mol. The molecular formula is C39H73O6. The van der Waals surface area contributed by atoms with Crippen molar-refractivity contribution in [1.82, 2.24) is 0 Å². The lowest BCUT2D eigenvalue weighted by atomic mass is 10.0. The number of ether oxygens (including phenoxy) is 3. The van der Waals surface area contributed by atoms with Crippen LogP contribution in [0.15, 0.2) is 0 Å². The van der Waals surface area contributed by atoms with Crippen molar-refractivity contribution in [3.05, 3.63) is 0 Å². The lowest BCUT2D eigenvalue weighted by Gasteiger charge is -2.13. The van der Waals surface area contributed by atoms with Crippen LogP contribution in [0.25, 0.3) is 0 Å². The standard InChI is InChI=1S/C39H73O6/c1-3-5-7-9-10-11-12-13-14-16-19-22-26-30-34-43-38(41)33-29-25-21-18-15-17-20-23-27-31-35-44-39(42)37(45-36-40)32-28-24-8-6-4-2/h37H,3-35H2,1-2H3. The predicted molar refractivity (Wildman–Crippen MR) is 187 cm³/mol. The molecule has 265 valence electrons. The summed E-state index contributed by atoms with van der Waals surface area (Å²) in [6.07, 6.45) is 35.5. The summed E-state index contributed by atoms with van der Waals surface area (Å²) in [5, 5.41) is 0. The van der Waals surface area contributed by atoms with Gasteiger partial charge in [0.05, 0.1) is 13.2 Å². The Hall–Kier alpha value is -1.59. The Labute approximate surface area is 278 Å². The minimum Gasteiger partial charge on any atom is -0.466 e. The highest BCUT2D eigenvalue weighted by atomic mass is 16.6. The molecule has 1 radical (unpaired) electrons. The van der Waals surface area contributed by atoms with Crippen LogP contribution in [0.4, 0.5) is 0 Å². The zero-order chi connectivity index (χ0) is 32.9. The van der Waals surface area contributed by atoms with Crippen LogP contribution in [0.3, 0.4) is 0 Å². The van der Waals surface area contributed by atoms with E-state index in [1.807, 2.05) is 0 Å². The Bertz CT molecular complexity index is 637. The summed E-state index contributed by atoms with van der Waals surface area (Å²) in [7, 11) is 0. The first kappa shape index (κ1) is 43.4. The van der Waals surface area contributed by atoms with Gasteiger partial charge in [-0.1, -0.05) is 174 Å². The number of rotatable bonds is 37. The molecule has 0 amide bonds. The minimum atomic E-state index is -0.812. The molecule has 0 N–H and O–H groups in total.